The van der Waals surface area contributed by atoms with Crippen LogP contribution in [0.4, 0.5) is 0 Å². The molecule has 10 heteroatoms. The highest BCUT2D eigenvalue weighted by Crippen LogP contribution is 2.38. The van der Waals surface area contributed by atoms with E-state index in [4.69, 9.17) is 13.8 Å². The first-order valence-corrected chi connectivity index (χ1v) is 39.1. The van der Waals surface area contributed by atoms with E-state index in [9.17, 15) is 19.0 Å². The van der Waals surface area contributed by atoms with Gasteiger partial charge < -0.3 is 28.5 Å². The van der Waals surface area contributed by atoms with Crippen molar-refractivity contribution in [3.8, 4) is 0 Å². The molecular weight excluding hydrogens is 1100 g/mol. The second-order valence-electron chi connectivity index (χ2n) is 26.8. The standard InChI is InChI=1S/C77H145N2O7P/c1-7-10-13-16-19-22-25-28-30-32-34-36-38-39-41-42-44-46-48-51-54-57-60-63-66-69-76(80)78-74(73-85-87(82,83)84-72-71-79(4,5)6)75(68-65-62-59-56-53-50-27-24-21-18-15-12-9-3)86-77(81)70-67-64-61-58-55-52-49-47-45-43-40-37-35-33-31-29-26-23-20-17-14-11-8-2/h19,22,28,30,34,36,39,41,65,68,74-75H,7-18,20-21,23-27,29,31-33,35,37-38,40,42-64,66-67,69-73H2,1-6H3,(H-,78,80,82,83)/b22-19-,30-28-,36-34-,41-39-,68-65+. The van der Waals surface area contributed by atoms with Gasteiger partial charge in [0.15, 0.2) is 0 Å². The summed E-state index contributed by atoms with van der Waals surface area (Å²) in [5.41, 5.74) is 0. The Hall–Kier alpha value is -2.29. The van der Waals surface area contributed by atoms with Gasteiger partial charge in [0.25, 0.3) is 7.82 Å². The van der Waals surface area contributed by atoms with E-state index in [2.05, 4.69) is 74.7 Å². The molecule has 0 aliphatic rings. The molecule has 0 aromatic heterocycles. The van der Waals surface area contributed by atoms with Crippen LogP contribution in [0.1, 0.15) is 367 Å². The van der Waals surface area contributed by atoms with Crippen molar-refractivity contribution in [3.63, 3.8) is 0 Å². The number of phosphoric ester groups is 1. The Bertz CT molecular complexity index is 1670. The molecule has 87 heavy (non-hydrogen) atoms. The van der Waals surface area contributed by atoms with Crippen molar-refractivity contribution in [2.24, 2.45) is 0 Å². The van der Waals surface area contributed by atoms with E-state index in [-0.39, 0.29) is 31.5 Å². The Balaban J connectivity index is 5.05. The van der Waals surface area contributed by atoms with E-state index in [1.54, 1.807) is 0 Å². The number of ether oxygens (including phenoxy) is 1. The number of quaternary nitrogens is 1. The summed E-state index contributed by atoms with van der Waals surface area (Å²) >= 11 is 0. The van der Waals surface area contributed by atoms with Crippen molar-refractivity contribution in [2.45, 2.75) is 380 Å². The number of hydrogen-bond acceptors (Lipinski definition) is 7. The van der Waals surface area contributed by atoms with Crippen LogP contribution in [0.3, 0.4) is 0 Å². The van der Waals surface area contributed by atoms with E-state index < -0.39 is 20.0 Å². The molecule has 3 atom stereocenters. The number of carbonyl (C=O) groups excluding carboxylic acids is 2. The lowest BCUT2D eigenvalue weighted by Crippen LogP contribution is -2.47. The number of esters is 1. The molecule has 0 fully saturated rings. The number of allylic oxidation sites excluding steroid dienone is 9. The molecule has 0 bridgehead atoms. The summed E-state index contributed by atoms with van der Waals surface area (Å²) in [5.74, 6) is -0.530. The first-order chi connectivity index (χ1) is 42.4. The van der Waals surface area contributed by atoms with Crippen LogP contribution >= 0.6 is 7.82 Å². The minimum Gasteiger partial charge on any atom is -0.756 e. The predicted octanol–water partition coefficient (Wildman–Crippen LogP) is 23.5. The molecule has 0 aliphatic carbocycles. The minimum atomic E-state index is -4.71. The second kappa shape index (κ2) is 66.6. The molecule has 0 saturated carbocycles. The molecule has 0 rings (SSSR count). The first kappa shape index (κ1) is 84.7. The van der Waals surface area contributed by atoms with Crippen molar-refractivity contribution in [1.29, 1.82) is 0 Å². The van der Waals surface area contributed by atoms with Gasteiger partial charge in [-0.2, -0.15) is 0 Å². The molecule has 1 amide bonds. The highest BCUT2D eigenvalue weighted by atomic mass is 31.2. The molecule has 9 nitrogen and oxygen atoms in total. The molecule has 1 N–H and O–H groups in total. The van der Waals surface area contributed by atoms with Gasteiger partial charge in [0, 0.05) is 12.8 Å². The fourth-order valence-corrected chi connectivity index (χ4v) is 11.9. The smallest absolute Gasteiger partial charge is 0.306 e. The second-order valence-corrected chi connectivity index (χ2v) is 28.2. The Labute approximate surface area is 541 Å². The topological polar surface area (TPSA) is 114 Å². The largest absolute Gasteiger partial charge is 0.756 e. The van der Waals surface area contributed by atoms with Crippen LogP contribution in [-0.4, -0.2) is 69.4 Å². The van der Waals surface area contributed by atoms with Gasteiger partial charge in [-0.1, -0.05) is 339 Å². The number of nitrogens with one attached hydrogen (secondary N) is 1. The number of nitrogens with zero attached hydrogens (tertiary/aromatic N) is 1. The van der Waals surface area contributed by atoms with Crippen molar-refractivity contribution in [1.82, 2.24) is 5.32 Å². The van der Waals surface area contributed by atoms with Crippen LogP contribution < -0.4 is 10.2 Å². The van der Waals surface area contributed by atoms with E-state index >= 15 is 0 Å². The summed E-state index contributed by atoms with van der Waals surface area (Å²) in [6.45, 7) is 6.87. The van der Waals surface area contributed by atoms with Crippen LogP contribution in [0.2, 0.25) is 0 Å². The third kappa shape index (κ3) is 67.9. The van der Waals surface area contributed by atoms with Crippen LogP contribution in [0.25, 0.3) is 0 Å². The van der Waals surface area contributed by atoms with Crippen molar-refractivity contribution >= 4 is 19.7 Å². The number of phosphoric acid groups is 1. The Morgan fingerprint density at radius 3 is 1.07 bits per heavy atom. The fraction of sp³-hybridized carbons (Fsp3) is 0.844. The molecule has 0 heterocycles. The van der Waals surface area contributed by atoms with Gasteiger partial charge >= 0.3 is 5.97 Å². The maximum Gasteiger partial charge on any atom is 0.306 e. The summed E-state index contributed by atoms with van der Waals surface area (Å²) in [6, 6.07) is -0.893. The van der Waals surface area contributed by atoms with E-state index in [1.165, 1.54) is 244 Å². The molecule has 0 saturated heterocycles. The zero-order valence-corrected chi connectivity index (χ0v) is 59.4. The van der Waals surface area contributed by atoms with Crippen molar-refractivity contribution < 1.29 is 37.3 Å². The number of carbonyl (C=O) groups is 2. The summed E-state index contributed by atoms with van der Waals surface area (Å²) in [7, 11) is 1.19. The Morgan fingerprint density at radius 1 is 0.402 bits per heavy atom. The zero-order chi connectivity index (χ0) is 63.5. The molecule has 0 aromatic rings. The molecular formula is C77H145N2O7P. The number of rotatable bonds is 69. The van der Waals surface area contributed by atoms with Gasteiger partial charge in [0.05, 0.1) is 33.8 Å². The summed E-state index contributed by atoms with van der Waals surface area (Å²) in [6.07, 6.45) is 86.3. The molecule has 0 spiro atoms. The third-order valence-corrected chi connectivity index (χ3v) is 17.9. The van der Waals surface area contributed by atoms with E-state index in [0.29, 0.717) is 17.4 Å². The molecule has 510 valence electrons. The molecule has 0 aliphatic heterocycles. The molecule has 3 unspecified atom stereocenters. The lowest BCUT2D eigenvalue weighted by atomic mass is 10.0. The zero-order valence-electron chi connectivity index (χ0n) is 58.5. The van der Waals surface area contributed by atoms with Gasteiger partial charge in [0.2, 0.25) is 5.91 Å². The van der Waals surface area contributed by atoms with Gasteiger partial charge in [-0.15, -0.1) is 0 Å². The molecule has 0 radical (unpaired) electrons. The SMILES string of the molecule is CCCCC/C=C\C/C=C\C/C=C\C/C=C\CCCCCCCCCCCC(=O)NC(COP(=O)([O-])OCC[N+](C)(C)C)C(/C=C/CCCCCCCCCCCCC)OC(=O)CCCCCCCCCCCCCCCCCCCCCCCCC. The van der Waals surface area contributed by atoms with Gasteiger partial charge in [-0.3, -0.25) is 14.2 Å². The van der Waals surface area contributed by atoms with E-state index in [1.807, 2.05) is 33.3 Å². The minimum absolute atomic E-state index is 0.0229. The van der Waals surface area contributed by atoms with Crippen LogP contribution in [-0.2, 0) is 27.9 Å². The number of hydrogen-bond donors (Lipinski definition) is 1. The van der Waals surface area contributed by atoms with Crippen LogP contribution in [0, 0.1) is 0 Å². The number of unbranched alkanes of at least 4 members (excludes halogenated alkanes) is 45. The first-order valence-electron chi connectivity index (χ1n) is 37.6. The van der Waals surface area contributed by atoms with Crippen LogP contribution in [0.15, 0.2) is 60.8 Å². The normalized spacial score (nSPS) is 13.8. The maximum absolute atomic E-state index is 13.6. The molecule has 0 aromatic carbocycles. The fourth-order valence-electron chi connectivity index (χ4n) is 11.2. The monoisotopic (exact) mass is 1240 g/mol. The lowest BCUT2D eigenvalue weighted by Gasteiger charge is -2.30. The number of amides is 1. The van der Waals surface area contributed by atoms with Gasteiger partial charge in [-0.05, 0) is 76.7 Å². The Morgan fingerprint density at radius 2 is 0.701 bits per heavy atom. The highest BCUT2D eigenvalue weighted by Gasteiger charge is 2.27. The third-order valence-electron chi connectivity index (χ3n) is 17.0. The predicted molar refractivity (Wildman–Crippen MR) is 376 cm³/mol. The van der Waals surface area contributed by atoms with E-state index in [0.717, 1.165) is 89.9 Å². The average Bonchev–Trinajstić information content (AvgIpc) is 3.70. The number of likely N-dealkylation sites (N-methyl/N-ethyl adjacent to an activating group) is 1. The average molecular weight is 1240 g/mol. The summed E-state index contributed by atoms with van der Waals surface area (Å²) in [5, 5.41) is 3.05. The lowest BCUT2D eigenvalue weighted by molar-refractivity contribution is -0.870. The highest BCUT2D eigenvalue weighted by molar-refractivity contribution is 7.45. The quantitative estimate of drug-likeness (QED) is 0.0212. The maximum atomic E-state index is 13.6. The van der Waals surface area contributed by atoms with Gasteiger partial charge in [-0.25, -0.2) is 0 Å². The van der Waals surface area contributed by atoms with Gasteiger partial charge in [0.1, 0.15) is 19.3 Å². The summed E-state index contributed by atoms with van der Waals surface area (Å²) in [4.78, 5) is 40.3. The Kier molecular flexibility index (Phi) is 64.9. The summed E-state index contributed by atoms with van der Waals surface area (Å²) < 4.78 is 30.5. The van der Waals surface area contributed by atoms with Crippen molar-refractivity contribution in [3.05, 3.63) is 60.8 Å². The van der Waals surface area contributed by atoms with Crippen molar-refractivity contribution in [2.75, 3.05) is 40.9 Å². The van der Waals surface area contributed by atoms with Crippen LogP contribution in [0.5, 0.6) is 0 Å².